The van der Waals surface area contributed by atoms with Crippen molar-refractivity contribution >= 4 is 182 Å². The van der Waals surface area contributed by atoms with Gasteiger partial charge >= 0.3 is 0 Å². The van der Waals surface area contributed by atoms with Gasteiger partial charge in [-0.2, -0.15) is 0 Å². The van der Waals surface area contributed by atoms with Crippen molar-refractivity contribution in [3.63, 3.8) is 0 Å². The molecule has 26 aromatic carbocycles. The quantitative estimate of drug-likeness (QED) is 0.0668. The number of rotatable bonds is 16. The molecule has 0 N–H and O–H groups in total. The van der Waals surface area contributed by atoms with E-state index in [-0.39, 0.29) is 0 Å². The van der Waals surface area contributed by atoms with Gasteiger partial charge < -0.3 is 0 Å². The molecule has 0 amide bonds. The third-order valence-electron chi connectivity index (χ3n) is 31.1. The van der Waals surface area contributed by atoms with E-state index in [0.29, 0.717) is 0 Å². The van der Waals surface area contributed by atoms with Crippen LogP contribution >= 0.6 is 0 Å². The lowest BCUT2D eigenvalue weighted by atomic mass is 9.81. The molecule has 0 saturated carbocycles. The Morgan fingerprint density at radius 2 is 0.257 bits per heavy atom. The summed E-state index contributed by atoms with van der Waals surface area (Å²) in [7, 11) is -6.85. The van der Waals surface area contributed by atoms with Gasteiger partial charge in [0.25, 0.3) is 0 Å². The Hall–Kier alpha value is -15.8. The summed E-state index contributed by atoms with van der Waals surface area (Å²) in [5.74, 6) is 0. The van der Waals surface area contributed by atoms with Gasteiger partial charge in [0.1, 0.15) is 0 Å². The summed E-state index contributed by atoms with van der Waals surface area (Å²) in [5, 5.41) is 36.9. The van der Waals surface area contributed by atoms with Gasteiger partial charge in [-0.05, 0) is 287 Å². The molecule has 0 unspecified atom stereocenters. The van der Waals surface area contributed by atoms with Crippen LogP contribution in [0.25, 0.3) is 263 Å². The number of hydrogen-bond acceptors (Lipinski definition) is 0. The molecule has 26 aromatic rings. The van der Waals surface area contributed by atoms with E-state index in [1.807, 2.05) is 0 Å². The van der Waals surface area contributed by atoms with Crippen LogP contribution in [0.1, 0.15) is 0 Å². The fourth-order valence-corrected chi connectivity index (χ4v) is 28.3. The van der Waals surface area contributed by atoms with Crippen molar-refractivity contribution in [2.75, 3.05) is 0 Å². The van der Waals surface area contributed by atoms with Gasteiger partial charge in [-0.1, -0.05) is 536 Å². The van der Waals surface area contributed by atoms with E-state index in [4.69, 9.17) is 0 Å². The molecule has 0 heterocycles. The smallest absolute Gasteiger partial charge is 0.0656 e. The zero-order valence-corrected chi connectivity index (χ0v) is 87.9. The molecule has 26 rings (SSSR count). The standard InChI is InChI=1S/C72H70Si4.C68H42/c1-73(2,3)55-39-53(40-56(43-55)74(4,5)6)69-45-67(51-31-27-49(28-32-51)61-25-17-21-47-19-13-15-23-59(47)61)63-36-38-66-70(54-41-57(75(7,8)9)44-58(42-54)76(10,11)12)46-68(64-35-37-65(69)71(63)72(64)66)52-33-29-50(30-34-52)62-26-18-22-48-20-14-16-24-60(48)62;1-5-21-51-43(13-1)17-9-25-53(51)47-29-33-49(34-30-47)63-41-65(57-27-11-19-45-15-3-7-23-55(45)57)61-40-38-60-64(50-35-31-48(32-36-50)54-26-10-18-44-14-2-6-22-52(44)54)42-66(62-39-37-59(63)67(61)68(60)62)58-28-12-20-46-16-4-8-24-56(46)58/h13-46H,1-12H3;1-42H. The number of fused-ring (bicyclic) bond motifs is 6. The molecule has 0 radical (unpaired) electrons. The van der Waals surface area contributed by atoms with E-state index in [2.05, 4.69) is 540 Å². The average Bonchev–Trinajstić information content (AvgIpc) is 0.704. The monoisotopic (exact) mass is 1900 g/mol. The van der Waals surface area contributed by atoms with Crippen molar-refractivity contribution < 1.29 is 0 Å². The third kappa shape index (κ3) is 15.8. The van der Waals surface area contributed by atoms with Gasteiger partial charge in [0.2, 0.25) is 0 Å². The fraction of sp³-hybridized carbons (Fsp3) is 0.0857. The summed E-state index contributed by atoms with van der Waals surface area (Å²) in [6.07, 6.45) is 0. The summed E-state index contributed by atoms with van der Waals surface area (Å²) in [5.41, 5.74) is 30.1. The van der Waals surface area contributed by atoms with Gasteiger partial charge in [0.05, 0.1) is 32.3 Å². The molecule has 144 heavy (non-hydrogen) atoms. The Bertz CT molecular complexity index is 8980. The summed E-state index contributed by atoms with van der Waals surface area (Å²) in [6, 6.07) is 175. The predicted octanol–water partition coefficient (Wildman–Crippen LogP) is 38.3. The molecule has 0 aliphatic carbocycles. The summed E-state index contributed by atoms with van der Waals surface area (Å²) in [4.78, 5) is 0. The topological polar surface area (TPSA) is 0 Å². The maximum atomic E-state index is 2.58. The minimum Gasteiger partial charge on any atom is -0.0656 e. The van der Waals surface area contributed by atoms with E-state index < -0.39 is 32.3 Å². The molecule has 0 aliphatic heterocycles. The molecule has 0 saturated heterocycles. The van der Waals surface area contributed by atoms with Crippen LogP contribution in [0.5, 0.6) is 0 Å². The van der Waals surface area contributed by atoms with Crippen LogP contribution in [0.2, 0.25) is 78.6 Å². The van der Waals surface area contributed by atoms with E-state index in [9.17, 15) is 0 Å². The Balaban J connectivity index is 0.000000152. The van der Waals surface area contributed by atoms with Gasteiger partial charge in [-0.3, -0.25) is 0 Å². The second-order valence-electron chi connectivity index (χ2n) is 44.1. The molecule has 688 valence electrons. The highest BCUT2D eigenvalue weighted by Gasteiger charge is 2.31. The molecule has 0 nitrogen and oxygen atoms in total. The van der Waals surface area contributed by atoms with E-state index in [1.165, 1.54) is 284 Å². The Morgan fingerprint density at radius 1 is 0.104 bits per heavy atom. The molecular weight excluding hydrogens is 1790 g/mol. The Labute approximate surface area is 848 Å². The average molecular weight is 1910 g/mol. The Morgan fingerprint density at radius 3 is 0.458 bits per heavy atom. The summed E-state index contributed by atoms with van der Waals surface area (Å²) < 4.78 is 0. The highest BCUT2D eigenvalue weighted by Crippen LogP contribution is 2.54. The van der Waals surface area contributed by atoms with Gasteiger partial charge in [0, 0.05) is 0 Å². The lowest BCUT2D eigenvalue weighted by molar-refractivity contribution is 1.61. The fourth-order valence-electron chi connectivity index (χ4n) is 23.3. The van der Waals surface area contributed by atoms with Crippen LogP contribution in [0.3, 0.4) is 0 Å². The summed E-state index contributed by atoms with van der Waals surface area (Å²) in [6.45, 7) is 30.1. The second-order valence-corrected chi connectivity index (χ2v) is 64.4. The first kappa shape index (κ1) is 89.6. The SMILES string of the molecule is C[Si](C)(C)c1cc(-c2cc(-c3ccc(-c4cccc5ccccc45)cc3)c3ccc4c(-c5cc([Si](C)(C)C)cc([Si](C)(C)C)c5)cc(-c5ccc(-c6cccc7ccccc67)cc5)c5ccc2c3c54)cc([Si](C)(C)C)c1.c1ccc2c(-c3ccc(-c4cc(-c5cccc6ccccc56)c5ccc6c(-c7ccc(-c8cccc9ccccc89)cc7)cc(-c7cccc8ccccc78)c7ccc4c5c67)cc3)cccc2c1. The molecule has 4 heteroatoms. The van der Waals surface area contributed by atoms with Crippen LogP contribution in [-0.2, 0) is 0 Å². The van der Waals surface area contributed by atoms with Crippen molar-refractivity contribution in [2.24, 2.45) is 0 Å². The van der Waals surface area contributed by atoms with Gasteiger partial charge in [-0.25, -0.2) is 0 Å². The maximum Gasteiger partial charge on any atom is 0.0776 e. The molecule has 0 spiro atoms. The van der Waals surface area contributed by atoms with E-state index in [0.717, 1.165) is 0 Å². The largest absolute Gasteiger partial charge is 0.0776 e. The molecule has 0 aromatic heterocycles. The Kier molecular flexibility index (Phi) is 21.8. The van der Waals surface area contributed by atoms with Crippen LogP contribution in [0.15, 0.2) is 461 Å². The predicted molar refractivity (Wildman–Crippen MR) is 642 cm³/mol. The van der Waals surface area contributed by atoms with Crippen molar-refractivity contribution in [3.05, 3.63) is 461 Å². The van der Waals surface area contributed by atoms with Crippen LogP contribution in [-0.4, -0.2) is 32.3 Å². The molecule has 0 bridgehead atoms. The zero-order valence-electron chi connectivity index (χ0n) is 83.9. The number of hydrogen-bond donors (Lipinski definition) is 0. The third-order valence-corrected chi connectivity index (χ3v) is 39.2. The highest BCUT2D eigenvalue weighted by molar-refractivity contribution is 6.92. The molecule has 0 atom stereocenters. The van der Waals surface area contributed by atoms with Crippen LogP contribution in [0.4, 0.5) is 0 Å². The van der Waals surface area contributed by atoms with Crippen molar-refractivity contribution in [2.45, 2.75) is 78.6 Å². The first-order chi connectivity index (χ1) is 69.9. The second kappa shape index (κ2) is 35.1. The normalized spacial score (nSPS) is 12.3. The molecule has 0 aliphatic rings. The van der Waals surface area contributed by atoms with Crippen molar-refractivity contribution in [1.29, 1.82) is 0 Å². The lowest BCUT2D eigenvalue weighted by Gasteiger charge is -2.26. The zero-order chi connectivity index (χ0) is 97.8. The summed E-state index contributed by atoms with van der Waals surface area (Å²) >= 11 is 0. The first-order valence-electron chi connectivity index (χ1n) is 51.1. The van der Waals surface area contributed by atoms with E-state index >= 15 is 0 Å². The van der Waals surface area contributed by atoms with Crippen molar-refractivity contribution in [1.82, 2.24) is 0 Å². The van der Waals surface area contributed by atoms with Gasteiger partial charge in [-0.15, -0.1) is 0 Å². The minimum atomic E-state index is -1.71. The maximum absolute atomic E-state index is 2.58. The molecule has 0 fully saturated rings. The lowest BCUT2D eigenvalue weighted by Crippen LogP contribution is -2.45. The van der Waals surface area contributed by atoms with Crippen LogP contribution in [0, 0.1) is 0 Å². The number of benzene rings is 26. The molecular formula is C140H112Si4. The van der Waals surface area contributed by atoms with Crippen molar-refractivity contribution in [3.8, 4) is 134 Å². The first-order valence-corrected chi connectivity index (χ1v) is 65.1. The minimum absolute atomic E-state index is 1.20. The van der Waals surface area contributed by atoms with Gasteiger partial charge in [0.15, 0.2) is 0 Å². The van der Waals surface area contributed by atoms with Crippen LogP contribution < -0.4 is 20.7 Å². The van der Waals surface area contributed by atoms with E-state index in [1.54, 1.807) is 0 Å². The highest BCUT2D eigenvalue weighted by atomic mass is 28.3.